The Kier molecular flexibility index (Phi) is 5.34. The average Bonchev–Trinajstić information content (AvgIpc) is 3.04. The lowest BCUT2D eigenvalue weighted by Gasteiger charge is -2.36. The Morgan fingerprint density at radius 3 is 2.46 bits per heavy atom. The third-order valence-electron chi connectivity index (χ3n) is 4.72. The lowest BCUT2D eigenvalue weighted by atomic mass is 9.97. The van der Waals surface area contributed by atoms with E-state index in [0.717, 1.165) is 10.7 Å². The molecule has 1 fully saturated rings. The molecule has 3 rings (SSSR count). The van der Waals surface area contributed by atoms with Crippen LogP contribution in [0.3, 0.4) is 0 Å². The fraction of sp³-hybridized carbons (Fsp3) is 0.500. The number of pyridine rings is 1. The standard InChI is InChI=1S/C16H17F5N4O2S/c1-24-9-12(14(23-24)15(18)19)28(26,27)16(20,21)10-3-6-25(7-4-10)11-2-5-22-13(17)8-11/h2,5,8-10,15H,3-4,6-7H2,1H3. The number of sulfone groups is 1. The molecule has 0 saturated carbocycles. The molecular formula is C16H17F5N4O2S. The summed E-state index contributed by atoms with van der Waals surface area (Å²) in [6.45, 7) is 0.127. The Bertz CT molecular complexity index is 956. The molecule has 6 nitrogen and oxygen atoms in total. The van der Waals surface area contributed by atoms with E-state index in [9.17, 15) is 30.4 Å². The zero-order chi connectivity index (χ0) is 20.7. The number of hydrogen-bond acceptors (Lipinski definition) is 5. The predicted molar refractivity (Wildman–Crippen MR) is 89.4 cm³/mol. The number of aromatic nitrogens is 3. The minimum atomic E-state index is -5.37. The van der Waals surface area contributed by atoms with Crippen LogP contribution in [0.4, 0.5) is 27.6 Å². The smallest absolute Gasteiger partial charge is 0.353 e. The Morgan fingerprint density at radius 2 is 1.89 bits per heavy atom. The van der Waals surface area contributed by atoms with Gasteiger partial charge in [-0.05, 0) is 18.9 Å². The van der Waals surface area contributed by atoms with Crippen LogP contribution in [0.25, 0.3) is 0 Å². The van der Waals surface area contributed by atoms with Gasteiger partial charge < -0.3 is 4.90 Å². The third-order valence-corrected chi connectivity index (χ3v) is 6.67. The number of aryl methyl sites for hydroxylation is 1. The topological polar surface area (TPSA) is 68.1 Å². The minimum absolute atomic E-state index is 0.0635. The van der Waals surface area contributed by atoms with Gasteiger partial charge in [0.25, 0.3) is 6.43 Å². The zero-order valence-electron chi connectivity index (χ0n) is 14.7. The van der Waals surface area contributed by atoms with E-state index >= 15 is 0 Å². The van der Waals surface area contributed by atoms with Gasteiger partial charge in [-0.25, -0.2) is 22.2 Å². The molecule has 2 aromatic rings. The fourth-order valence-electron chi connectivity index (χ4n) is 3.27. The number of halogens is 5. The Labute approximate surface area is 157 Å². The molecule has 0 atom stereocenters. The molecule has 28 heavy (non-hydrogen) atoms. The first-order valence-corrected chi connectivity index (χ1v) is 9.83. The maximum atomic E-state index is 14.9. The van der Waals surface area contributed by atoms with Crippen LogP contribution in [0.1, 0.15) is 25.0 Å². The van der Waals surface area contributed by atoms with E-state index in [4.69, 9.17) is 0 Å². The molecule has 12 heteroatoms. The molecule has 0 aromatic carbocycles. The van der Waals surface area contributed by atoms with Crippen molar-refractivity contribution < 1.29 is 30.4 Å². The van der Waals surface area contributed by atoms with E-state index in [1.54, 1.807) is 4.90 Å². The van der Waals surface area contributed by atoms with Gasteiger partial charge in [0, 0.05) is 50.2 Å². The van der Waals surface area contributed by atoms with Gasteiger partial charge in [-0.1, -0.05) is 0 Å². The van der Waals surface area contributed by atoms with Crippen molar-refractivity contribution in [1.82, 2.24) is 14.8 Å². The van der Waals surface area contributed by atoms with E-state index in [1.165, 1.54) is 19.3 Å². The number of alkyl halides is 4. The van der Waals surface area contributed by atoms with Crippen molar-refractivity contribution >= 4 is 15.5 Å². The molecule has 0 bridgehead atoms. The number of nitrogens with zero attached hydrogens (tertiary/aromatic N) is 4. The van der Waals surface area contributed by atoms with Crippen LogP contribution in [0, 0.1) is 11.9 Å². The Morgan fingerprint density at radius 1 is 1.25 bits per heavy atom. The zero-order valence-corrected chi connectivity index (χ0v) is 15.5. The maximum absolute atomic E-state index is 14.9. The second kappa shape index (κ2) is 7.30. The molecule has 1 saturated heterocycles. The molecule has 0 N–H and O–H groups in total. The molecule has 154 valence electrons. The summed E-state index contributed by atoms with van der Waals surface area (Å²) in [4.78, 5) is 3.90. The van der Waals surface area contributed by atoms with Crippen molar-refractivity contribution in [3.05, 3.63) is 36.2 Å². The number of piperidine rings is 1. The third kappa shape index (κ3) is 3.56. The van der Waals surface area contributed by atoms with E-state index in [1.807, 2.05) is 0 Å². The maximum Gasteiger partial charge on any atom is 0.353 e. The first-order valence-electron chi connectivity index (χ1n) is 8.34. The summed E-state index contributed by atoms with van der Waals surface area (Å²) in [6, 6.07) is 2.67. The van der Waals surface area contributed by atoms with Gasteiger partial charge in [0.05, 0.1) is 0 Å². The van der Waals surface area contributed by atoms with Crippen molar-refractivity contribution in [2.45, 2.75) is 29.4 Å². The molecule has 1 aliphatic rings. The van der Waals surface area contributed by atoms with Gasteiger partial charge in [0.15, 0.2) is 0 Å². The monoisotopic (exact) mass is 424 g/mol. The van der Waals surface area contributed by atoms with Crippen LogP contribution < -0.4 is 4.90 Å². The van der Waals surface area contributed by atoms with E-state index < -0.39 is 44.0 Å². The first kappa shape index (κ1) is 20.5. The lowest BCUT2D eigenvalue weighted by Crippen LogP contribution is -2.44. The van der Waals surface area contributed by atoms with Crippen molar-refractivity contribution in [2.75, 3.05) is 18.0 Å². The summed E-state index contributed by atoms with van der Waals surface area (Å²) in [7, 11) is -4.19. The van der Waals surface area contributed by atoms with E-state index in [0.29, 0.717) is 11.9 Å². The van der Waals surface area contributed by atoms with Gasteiger partial charge in [-0.3, -0.25) is 4.68 Å². The van der Waals surface area contributed by atoms with Crippen molar-refractivity contribution in [3.8, 4) is 0 Å². The quantitative estimate of drug-likeness (QED) is 0.545. The summed E-state index contributed by atoms with van der Waals surface area (Å²) in [6.07, 6.45) is -1.81. The first-order chi connectivity index (χ1) is 13.0. The van der Waals surface area contributed by atoms with Crippen molar-refractivity contribution in [1.29, 1.82) is 0 Å². The second-order valence-corrected chi connectivity index (χ2v) is 8.51. The second-order valence-electron chi connectivity index (χ2n) is 6.52. The summed E-state index contributed by atoms with van der Waals surface area (Å²) >= 11 is 0. The lowest BCUT2D eigenvalue weighted by molar-refractivity contribution is 0.0147. The van der Waals surface area contributed by atoms with Gasteiger partial charge in [-0.15, -0.1) is 0 Å². The number of hydrogen-bond donors (Lipinski definition) is 0. The van der Waals surface area contributed by atoms with Gasteiger partial charge in [0.2, 0.25) is 15.8 Å². The van der Waals surface area contributed by atoms with Crippen LogP contribution in [0.15, 0.2) is 29.4 Å². The highest BCUT2D eigenvalue weighted by Gasteiger charge is 2.54. The highest BCUT2D eigenvalue weighted by atomic mass is 32.2. The normalized spacial score (nSPS) is 16.8. The predicted octanol–water partition coefficient (Wildman–Crippen LogP) is 3.17. The number of rotatable bonds is 5. The van der Waals surface area contributed by atoms with Crippen LogP contribution >= 0.6 is 0 Å². The molecule has 0 spiro atoms. The summed E-state index contributed by atoms with van der Waals surface area (Å²) in [5.74, 6) is -2.28. The molecule has 0 amide bonds. The van der Waals surface area contributed by atoms with Crippen LogP contribution in [-0.4, -0.2) is 41.5 Å². The summed E-state index contributed by atoms with van der Waals surface area (Å²) in [5.41, 5.74) is -0.740. The molecule has 0 unspecified atom stereocenters. The van der Waals surface area contributed by atoms with E-state index in [2.05, 4.69) is 10.1 Å². The van der Waals surface area contributed by atoms with Gasteiger partial charge in [-0.2, -0.15) is 18.3 Å². The molecule has 0 aliphatic carbocycles. The molecule has 1 aliphatic heterocycles. The number of anilines is 1. The van der Waals surface area contributed by atoms with Crippen molar-refractivity contribution in [3.63, 3.8) is 0 Å². The highest BCUT2D eigenvalue weighted by Crippen LogP contribution is 2.43. The average molecular weight is 424 g/mol. The van der Waals surface area contributed by atoms with Crippen molar-refractivity contribution in [2.24, 2.45) is 13.0 Å². The molecule has 3 heterocycles. The summed E-state index contributed by atoms with van der Waals surface area (Å²) < 4.78 is 94.8. The Hall–Kier alpha value is -2.24. The highest BCUT2D eigenvalue weighted by molar-refractivity contribution is 7.92. The Balaban J connectivity index is 1.82. The van der Waals surface area contributed by atoms with Gasteiger partial charge in [0.1, 0.15) is 10.6 Å². The largest absolute Gasteiger partial charge is 0.371 e. The van der Waals surface area contributed by atoms with E-state index in [-0.39, 0.29) is 25.9 Å². The fourth-order valence-corrected chi connectivity index (χ4v) is 4.94. The molecular weight excluding hydrogens is 407 g/mol. The molecule has 2 aromatic heterocycles. The van der Waals surface area contributed by atoms with Crippen LogP contribution in [0.5, 0.6) is 0 Å². The van der Waals surface area contributed by atoms with Crippen LogP contribution in [0.2, 0.25) is 0 Å². The minimum Gasteiger partial charge on any atom is -0.371 e. The summed E-state index contributed by atoms with van der Waals surface area (Å²) in [5, 5.41) is -0.941. The van der Waals surface area contributed by atoms with Gasteiger partial charge >= 0.3 is 5.25 Å². The molecule has 0 radical (unpaired) electrons. The SMILES string of the molecule is Cn1cc(S(=O)(=O)C(F)(F)C2CCN(c3ccnc(F)c3)CC2)c(C(F)F)n1. The van der Waals surface area contributed by atoms with Crippen LogP contribution in [-0.2, 0) is 16.9 Å².